The number of rotatable bonds is 4. The molecule has 1 aromatic rings. The van der Waals surface area contributed by atoms with E-state index in [0.29, 0.717) is 0 Å². The largest absolute Gasteiger partial charge is 0.0795 e. The highest BCUT2D eigenvalue weighted by molar-refractivity contribution is 9.10. The first-order valence-electron chi connectivity index (χ1n) is 5.79. The summed E-state index contributed by atoms with van der Waals surface area (Å²) in [6.07, 6.45) is 10.7. The highest BCUT2D eigenvalue weighted by Crippen LogP contribution is 2.29. The predicted molar refractivity (Wildman–Crippen MR) is 70.1 cm³/mol. The van der Waals surface area contributed by atoms with Crippen LogP contribution in [-0.2, 0) is 12.8 Å². The van der Waals surface area contributed by atoms with E-state index in [-0.39, 0.29) is 0 Å². The van der Waals surface area contributed by atoms with E-state index in [1.165, 1.54) is 46.8 Å². The van der Waals surface area contributed by atoms with Gasteiger partial charge >= 0.3 is 0 Å². The minimum Gasteiger partial charge on any atom is -0.0795 e. The summed E-state index contributed by atoms with van der Waals surface area (Å²) < 4.78 is 1.26. The van der Waals surface area contributed by atoms with Crippen LogP contribution in [0.5, 0.6) is 0 Å². The lowest BCUT2D eigenvalue weighted by molar-refractivity contribution is 0.717. The van der Waals surface area contributed by atoms with E-state index in [4.69, 9.17) is 0 Å². The summed E-state index contributed by atoms with van der Waals surface area (Å²) in [5.74, 6) is 0. The van der Waals surface area contributed by atoms with Crippen molar-refractivity contribution in [2.45, 2.75) is 39.0 Å². The highest BCUT2D eigenvalue weighted by Gasteiger charge is 2.09. The fraction of sp³-hybridized carbons (Fsp3) is 0.429. The molecule has 0 nitrogen and oxygen atoms in total. The maximum Gasteiger partial charge on any atom is 0.0253 e. The molecular formula is C14H17Br. The molecule has 1 aliphatic rings. The fourth-order valence-electron chi connectivity index (χ4n) is 2.12. The molecule has 0 N–H and O–H groups in total. The zero-order valence-corrected chi connectivity index (χ0v) is 10.8. The number of halogens is 1. The van der Waals surface area contributed by atoms with Crippen molar-refractivity contribution in [2.24, 2.45) is 0 Å². The average molecular weight is 265 g/mol. The first-order valence-corrected chi connectivity index (χ1v) is 6.58. The van der Waals surface area contributed by atoms with E-state index in [9.17, 15) is 0 Å². The van der Waals surface area contributed by atoms with Crippen LogP contribution in [0.1, 0.15) is 42.9 Å². The molecular weight excluding hydrogens is 248 g/mol. The first kappa shape index (κ1) is 10.9. The third kappa shape index (κ3) is 2.52. The van der Waals surface area contributed by atoms with Crippen molar-refractivity contribution < 1.29 is 0 Å². The maximum absolute atomic E-state index is 3.66. The van der Waals surface area contributed by atoms with Crippen LogP contribution in [0.25, 0.3) is 6.08 Å². The van der Waals surface area contributed by atoms with Gasteiger partial charge in [0.05, 0.1) is 0 Å². The first-order chi connectivity index (χ1) is 7.31. The molecule has 0 radical (unpaired) electrons. The van der Waals surface area contributed by atoms with E-state index in [2.05, 4.69) is 47.1 Å². The molecule has 0 bridgehead atoms. The lowest BCUT2D eigenvalue weighted by Gasteiger charge is -2.07. The van der Waals surface area contributed by atoms with Gasteiger partial charge in [0.15, 0.2) is 0 Å². The Balaban J connectivity index is 2.11. The molecule has 0 saturated carbocycles. The SMILES string of the molecule is CCCCCc1cc(Br)c2c(c1)CC=C2. The topological polar surface area (TPSA) is 0 Å². The van der Waals surface area contributed by atoms with Crippen LogP contribution < -0.4 is 0 Å². The van der Waals surface area contributed by atoms with Crippen LogP contribution in [0, 0.1) is 0 Å². The monoisotopic (exact) mass is 264 g/mol. The smallest absolute Gasteiger partial charge is 0.0253 e. The molecule has 2 rings (SSSR count). The van der Waals surface area contributed by atoms with Gasteiger partial charge in [-0.1, -0.05) is 53.9 Å². The van der Waals surface area contributed by atoms with Gasteiger partial charge in [-0.3, -0.25) is 0 Å². The van der Waals surface area contributed by atoms with Crippen LogP contribution in [-0.4, -0.2) is 0 Å². The summed E-state index contributed by atoms with van der Waals surface area (Å²) in [7, 11) is 0. The normalized spacial score (nSPS) is 13.2. The van der Waals surface area contributed by atoms with E-state index in [0.717, 1.165) is 6.42 Å². The van der Waals surface area contributed by atoms with Crippen molar-refractivity contribution in [3.05, 3.63) is 39.4 Å². The van der Waals surface area contributed by atoms with Crippen LogP contribution in [0.2, 0.25) is 0 Å². The Labute approximate surface area is 101 Å². The third-order valence-electron chi connectivity index (χ3n) is 2.97. The molecule has 0 saturated heterocycles. The Morgan fingerprint density at radius 2 is 2.13 bits per heavy atom. The van der Waals surface area contributed by atoms with Crippen LogP contribution in [0.15, 0.2) is 22.7 Å². The Bertz CT molecular complexity index is 377. The van der Waals surface area contributed by atoms with Gasteiger partial charge in [-0.05, 0) is 42.0 Å². The summed E-state index contributed by atoms with van der Waals surface area (Å²) in [5, 5.41) is 0. The molecule has 1 heteroatoms. The fourth-order valence-corrected chi connectivity index (χ4v) is 2.80. The van der Waals surface area contributed by atoms with E-state index < -0.39 is 0 Å². The van der Waals surface area contributed by atoms with Crippen LogP contribution in [0.4, 0.5) is 0 Å². The van der Waals surface area contributed by atoms with Gasteiger partial charge in [0.2, 0.25) is 0 Å². The van der Waals surface area contributed by atoms with E-state index in [1.54, 1.807) is 0 Å². The average Bonchev–Trinajstić information content (AvgIpc) is 2.66. The Kier molecular flexibility index (Phi) is 3.63. The molecule has 0 atom stereocenters. The predicted octanol–water partition coefficient (Wildman–Crippen LogP) is 4.75. The highest BCUT2D eigenvalue weighted by atomic mass is 79.9. The van der Waals surface area contributed by atoms with E-state index in [1.807, 2.05) is 0 Å². The summed E-state index contributed by atoms with van der Waals surface area (Å²) >= 11 is 3.66. The van der Waals surface area contributed by atoms with Gasteiger partial charge in [-0.15, -0.1) is 0 Å². The Morgan fingerprint density at radius 3 is 2.93 bits per heavy atom. The molecule has 0 aliphatic heterocycles. The van der Waals surface area contributed by atoms with E-state index >= 15 is 0 Å². The molecule has 0 fully saturated rings. The number of aryl methyl sites for hydroxylation is 1. The number of hydrogen-bond acceptors (Lipinski definition) is 0. The van der Waals surface area contributed by atoms with Crippen LogP contribution >= 0.6 is 15.9 Å². The lowest BCUT2D eigenvalue weighted by atomic mass is 10.0. The quantitative estimate of drug-likeness (QED) is 0.689. The molecule has 1 aliphatic carbocycles. The lowest BCUT2D eigenvalue weighted by Crippen LogP contribution is -1.91. The third-order valence-corrected chi connectivity index (χ3v) is 3.62. The minimum absolute atomic E-state index is 1.11. The molecule has 0 unspecified atom stereocenters. The molecule has 0 amide bonds. The second-order valence-electron chi connectivity index (χ2n) is 4.21. The van der Waals surface area contributed by atoms with Gasteiger partial charge in [-0.25, -0.2) is 0 Å². The van der Waals surface area contributed by atoms with Crippen molar-refractivity contribution in [3.63, 3.8) is 0 Å². The van der Waals surface area contributed by atoms with Gasteiger partial charge in [0.25, 0.3) is 0 Å². The summed E-state index contributed by atoms with van der Waals surface area (Å²) in [4.78, 5) is 0. The number of allylic oxidation sites excluding steroid dienone is 1. The van der Waals surface area contributed by atoms with Crippen molar-refractivity contribution in [1.82, 2.24) is 0 Å². The maximum atomic E-state index is 3.66. The minimum atomic E-state index is 1.11. The van der Waals surface area contributed by atoms with Gasteiger partial charge in [0, 0.05) is 4.47 Å². The Morgan fingerprint density at radius 1 is 1.27 bits per heavy atom. The zero-order chi connectivity index (χ0) is 10.7. The summed E-state index contributed by atoms with van der Waals surface area (Å²) in [6, 6.07) is 4.65. The second-order valence-corrected chi connectivity index (χ2v) is 5.07. The molecule has 80 valence electrons. The number of hydrogen-bond donors (Lipinski definition) is 0. The summed E-state index contributed by atoms with van der Waals surface area (Å²) in [6.45, 7) is 2.25. The molecule has 0 aromatic heterocycles. The van der Waals surface area contributed by atoms with Crippen LogP contribution in [0.3, 0.4) is 0 Å². The molecule has 0 spiro atoms. The van der Waals surface area contributed by atoms with Crippen molar-refractivity contribution in [2.75, 3.05) is 0 Å². The molecule has 15 heavy (non-hydrogen) atoms. The van der Waals surface area contributed by atoms with Gasteiger partial charge in [0.1, 0.15) is 0 Å². The number of unbranched alkanes of at least 4 members (excludes halogenated alkanes) is 2. The Hall–Kier alpha value is -0.560. The zero-order valence-electron chi connectivity index (χ0n) is 9.22. The van der Waals surface area contributed by atoms with Crippen molar-refractivity contribution in [3.8, 4) is 0 Å². The standard InChI is InChI=1S/C14H17Br/c1-2-3-4-6-11-9-12-7-5-8-13(12)14(15)10-11/h5,8-10H,2-4,6-7H2,1H3. The molecule has 0 heterocycles. The van der Waals surface area contributed by atoms with Crippen molar-refractivity contribution >= 4 is 22.0 Å². The van der Waals surface area contributed by atoms with Gasteiger partial charge in [-0.2, -0.15) is 0 Å². The van der Waals surface area contributed by atoms with Crippen molar-refractivity contribution in [1.29, 1.82) is 0 Å². The summed E-state index contributed by atoms with van der Waals surface area (Å²) in [5.41, 5.74) is 4.35. The molecule has 1 aromatic carbocycles. The number of benzene rings is 1. The second kappa shape index (κ2) is 4.98. The van der Waals surface area contributed by atoms with Gasteiger partial charge < -0.3 is 0 Å². The number of fused-ring (bicyclic) bond motifs is 1.